The summed E-state index contributed by atoms with van der Waals surface area (Å²) in [6.07, 6.45) is 3.03. The van der Waals surface area contributed by atoms with E-state index >= 15 is 0 Å². The molecule has 2 atom stereocenters. The summed E-state index contributed by atoms with van der Waals surface area (Å²) < 4.78 is 5.23. The molecule has 0 bridgehead atoms. The van der Waals surface area contributed by atoms with Crippen molar-refractivity contribution >= 4 is 17.5 Å². The van der Waals surface area contributed by atoms with Gasteiger partial charge in [0.2, 0.25) is 5.91 Å². The van der Waals surface area contributed by atoms with Gasteiger partial charge in [0.1, 0.15) is 0 Å². The third kappa shape index (κ3) is 1.89. The molecular formula is C10H16ClNO2. The lowest BCUT2D eigenvalue weighted by molar-refractivity contribution is -0.135. The first-order chi connectivity index (χ1) is 6.83. The topological polar surface area (TPSA) is 29.5 Å². The van der Waals surface area contributed by atoms with Crippen molar-refractivity contribution in [2.75, 3.05) is 25.6 Å². The summed E-state index contributed by atoms with van der Waals surface area (Å²) in [4.78, 5) is 14.0. The SMILES string of the molecule is O=C(C1CCOC1)N1CCCC1CCl. The third-order valence-corrected chi connectivity index (χ3v) is 3.47. The lowest BCUT2D eigenvalue weighted by atomic mass is 10.1. The van der Waals surface area contributed by atoms with Crippen LogP contribution in [-0.2, 0) is 9.53 Å². The van der Waals surface area contributed by atoms with E-state index in [4.69, 9.17) is 16.3 Å². The van der Waals surface area contributed by atoms with E-state index in [0.29, 0.717) is 12.5 Å². The second kappa shape index (κ2) is 4.49. The number of carbonyl (C=O) groups excluding carboxylic acids is 1. The summed E-state index contributed by atoms with van der Waals surface area (Å²) in [5, 5.41) is 0. The molecule has 2 fully saturated rings. The van der Waals surface area contributed by atoms with Crippen LogP contribution in [0.2, 0.25) is 0 Å². The van der Waals surface area contributed by atoms with Crippen LogP contribution in [0.25, 0.3) is 0 Å². The fraction of sp³-hybridized carbons (Fsp3) is 0.900. The number of alkyl halides is 1. The Hall–Kier alpha value is -0.280. The van der Waals surface area contributed by atoms with E-state index in [0.717, 1.165) is 32.4 Å². The minimum atomic E-state index is 0.0961. The fourth-order valence-corrected chi connectivity index (χ4v) is 2.57. The van der Waals surface area contributed by atoms with Gasteiger partial charge in [0.15, 0.2) is 0 Å². The molecule has 80 valence electrons. The van der Waals surface area contributed by atoms with E-state index in [1.165, 1.54) is 0 Å². The number of nitrogens with zero attached hydrogens (tertiary/aromatic N) is 1. The van der Waals surface area contributed by atoms with Gasteiger partial charge in [0, 0.05) is 25.1 Å². The standard InChI is InChI=1S/C10H16ClNO2/c11-6-9-2-1-4-12(9)10(13)8-3-5-14-7-8/h8-9H,1-7H2. The lowest BCUT2D eigenvalue weighted by Gasteiger charge is -2.25. The summed E-state index contributed by atoms with van der Waals surface area (Å²) in [6.45, 7) is 2.22. The van der Waals surface area contributed by atoms with Crippen molar-refractivity contribution < 1.29 is 9.53 Å². The van der Waals surface area contributed by atoms with Gasteiger partial charge in [-0.2, -0.15) is 0 Å². The first-order valence-electron chi connectivity index (χ1n) is 5.27. The van der Waals surface area contributed by atoms with Gasteiger partial charge in [0.05, 0.1) is 12.5 Å². The molecule has 2 saturated heterocycles. The van der Waals surface area contributed by atoms with Crippen LogP contribution in [0.15, 0.2) is 0 Å². The smallest absolute Gasteiger partial charge is 0.228 e. The molecule has 2 aliphatic heterocycles. The Morgan fingerprint density at radius 3 is 3.00 bits per heavy atom. The average molecular weight is 218 g/mol. The van der Waals surface area contributed by atoms with Crippen molar-refractivity contribution in [2.24, 2.45) is 5.92 Å². The molecule has 0 radical (unpaired) electrons. The zero-order valence-electron chi connectivity index (χ0n) is 8.25. The summed E-state index contributed by atoms with van der Waals surface area (Å²) in [5.74, 6) is 0.920. The van der Waals surface area contributed by atoms with E-state index in [1.54, 1.807) is 0 Å². The maximum Gasteiger partial charge on any atom is 0.228 e. The maximum absolute atomic E-state index is 12.0. The number of hydrogen-bond acceptors (Lipinski definition) is 2. The van der Waals surface area contributed by atoms with Crippen LogP contribution in [-0.4, -0.2) is 42.5 Å². The molecule has 1 amide bonds. The lowest BCUT2D eigenvalue weighted by Crippen LogP contribution is -2.40. The summed E-state index contributed by atoms with van der Waals surface area (Å²) in [6, 6.07) is 0.268. The number of likely N-dealkylation sites (tertiary alicyclic amines) is 1. The molecule has 3 nitrogen and oxygen atoms in total. The maximum atomic E-state index is 12.0. The minimum Gasteiger partial charge on any atom is -0.381 e. The Kier molecular flexibility index (Phi) is 3.29. The van der Waals surface area contributed by atoms with Gasteiger partial charge < -0.3 is 9.64 Å². The molecule has 2 aliphatic rings. The minimum absolute atomic E-state index is 0.0961. The Morgan fingerprint density at radius 1 is 1.50 bits per heavy atom. The molecule has 0 aromatic heterocycles. The molecule has 0 aliphatic carbocycles. The van der Waals surface area contributed by atoms with Gasteiger partial charge in [-0.05, 0) is 19.3 Å². The van der Waals surface area contributed by atoms with Gasteiger partial charge in [-0.3, -0.25) is 4.79 Å². The first-order valence-corrected chi connectivity index (χ1v) is 5.80. The molecule has 4 heteroatoms. The summed E-state index contributed by atoms with van der Waals surface area (Å²) in [7, 11) is 0. The molecule has 0 spiro atoms. The average Bonchev–Trinajstić information content (AvgIpc) is 2.87. The Morgan fingerprint density at radius 2 is 2.36 bits per heavy atom. The summed E-state index contributed by atoms with van der Waals surface area (Å²) >= 11 is 5.83. The van der Waals surface area contributed by atoms with Gasteiger partial charge in [-0.25, -0.2) is 0 Å². The van der Waals surface area contributed by atoms with Crippen LogP contribution in [0.5, 0.6) is 0 Å². The van der Waals surface area contributed by atoms with Gasteiger partial charge in [-0.1, -0.05) is 0 Å². The fourth-order valence-electron chi connectivity index (χ4n) is 2.25. The molecule has 2 heterocycles. The summed E-state index contributed by atoms with van der Waals surface area (Å²) in [5.41, 5.74) is 0. The molecule has 0 aromatic rings. The van der Waals surface area contributed by atoms with Crippen LogP contribution in [0.3, 0.4) is 0 Å². The molecule has 2 unspecified atom stereocenters. The van der Waals surface area contributed by atoms with E-state index < -0.39 is 0 Å². The van der Waals surface area contributed by atoms with Crippen molar-refractivity contribution in [3.05, 3.63) is 0 Å². The molecular weight excluding hydrogens is 202 g/mol. The van der Waals surface area contributed by atoms with Gasteiger partial charge in [0.25, 0.3) is 0 Å². The Bertz CT molecular complexity index is 216. The first kappa shape index (κ1) is 10.2. The van der Waals surface area contributed by atoms with Crippen LogP contribution >= 0.6 is 11.6 Å². The highest BCUT2D eigenvalue weighted by Gasteiger charge is 2.34. The predicted molar refractivity (Wildman–Crippen MR) is 54.4 cm³/mol. The van der Waals surface area contributed by atoms with Crippen molar-refractivity contribution in [1.82, 2.24) is 4.90 Å². The van der Waals surface area contributed by atoms with Crippen molar-refractivity contribution in [3.63, 3.8) is 0 Å². The second-order valence-electron chi connectivity index (χ2n) is 4.04. The van der Waals surface area contributed by atoms with Crippen LogP contribution < -0.4 is 0 Å². The van der Waals surface area contributed by atoms with Crippen molar-refractivity contribution in [1.29, 1.82) is 0 Å². The molecule has 2 rings (SSSR count). The highest BCUT2D eigenvalue weighted by atomic mass is 35.5. The Balaban J connectivity index is 1.95. The number of halogens is 1. The number of amides is 1. The quantitative estimate of drug-likeness (QED) is 0.652. The predicted octanol–water partition coefficient (Wildman–Crippen LogP) is 1.25. The van der Waals surface area contributed by atoms with E-state index in [9.17, 15) is 4.79 Å². The van der Waals surface area contributed by atoms with Crippen molar-refractivity contribution in [3.8, 4) is 0 Å². The monoisotopic (exact) mass is 217 g/mol. The number of ether oxygens (including phenoxy) is 1. The zero-order chi connectivity index (χ0) is 9.97. The largest absolute Gasteiger partial charge is 0.381 e. The third-order valence-electron chi connectivity index (χ3n) is 3.12. The number of rotatable bonds is 2. The Labute approximate surface area is 89.4 Å². The molecule has 0 saturated carbocycles. The highest BCUT2D eigenvalue weighted by molar-refractivity contribution is 6.18. The number of hydrogen-bond donors (Lipinski definition) is 0. The normalized spacial score (nSPS) is 32.5. The van der Waals surface area contributed by atoms with E-state index in [1.807, 2.05) is 4.90 Å². The van der Waals surface area contributed by atoms with Crippen LogP contribution in [0, 0.1) is 5.92 Å². The number of carbonyl (C=O) groups is 1. The van der Waals surface area contributed by atoms with E-state index in [2.05, 4.69) is 0 Å². The van der Waals surface area contributed by atoms with Gasteiger partial charge in [-0.15, -0.1) is 11.6 Å². The molecule has 0 N–H and O–H groups in total. The van der Waals surface area contributed by atoms with Gasteiger partial charge >= 0.3 is 0 Å². The highest BCUT2D eigenvalue weighted by Crippen LogP contribution is 2.23. The second-order valence-corrected chi connectivity index (χ2v) is 4.35. The van der Waals surface area contributed by atoms with Crippen LogP contribution in [0.4, 0.5) is 0 Å². The molecule has 0 aromatic carbocycles. The van der Waals surface area contributed by atoms with Crippen LogP contribution in [0.1, 0.15) is 19.3 Å². The zero-order valence-corrected chi connectivity index (χ0v) is 9.00. The molecule has 14 heavy (non-hydrogen) atoms. The van der Waals surface area contributed by atoms with E-state index in [-0.39, 0.29) is 17.9 Å². The van der Waals surface area contributed by atoms with Crippen molar-refractivity contribution in [2.45, 2.75) is 25.3 Å².